The largest absolute Gasteiger partial charge is 0.496 e. The van der Waals surface area contributed by atoms with E-state index in [1.54, 1.807) is 25.3 Å². The standard InChI is InChI=1S/C18H29N3O3/c1-12-10-20-14(13(2)16(12)24-7)11-21(6)15(22)8-9-19-17(23)18(3,4)5/h10H,8-9,11H2,1-7H3,(H,19,23). The van der Waals surface area contributed by atoms with Crippen molar-refractivity contribution in [1.29, 1.82) is 0 Å². The van der Waals surface area contributed by atoms with Gasteiger partial charge in [-0.3, -0.25) is 14.6 Å². The summed E-state index contributed by atoms with van der Waals surface area (Å²) in [5.74, 6) is 0.710. The monoisotopic (exact) mass is 335 g/mol. The lowest BCUT2D eigenvalue weighted by Crippen LogP contribution is -2.37. The second-order valence-corrected chi connectivity index (χ2v) is 7.05. The van der Waals surface area contributed by atoms with Gasteiger partial charge >= 0.3 is 0 Å². The summed E-state index contributed by atoms with van der Waals surface area (Å²) >= 11 is 0. The van der Waals surface area contributed by atoms with Gasteiger partial charge in [0.2, 0.25) is 11.8 Å². The van der Waals surface area contributed by atoms with E-state index in [2.05, 4.69) is 10.3 Å². The highest BCUT2D eigenvalue weighted by atomic mass is 16.5. The van der Waals surface area contributed by atoms with Crippen molar-refractivity contribution in [1.82, 2.24) is 15.2 Å². The summed E-state index contributed by atoms with van der Waals surface area (Å²) in [5.41, 5.74) is 2.27. The number of hydrogen-bond donors (Lipinski definition) is 1. The summed E-state index contributed by atoms with van der Waals surface area (Å²) in [6, 6.07) is 0. The quantitative estimate of drug-likeness (QED) is 0.865. The van der Waals surface area contributed by atoms with Crippen LogP contribution in [0.3, 0.4) is 0 Å². The first-order valence-corrected chi connectivity index (χ1v) is 8.09. The average molecular weight is 335 g/mol. The molecule has 24 heavy (non-hydrogen) atoms. The maximum Gasteiger partial charge on any atom is 0.225 e. The number of aryl methyl sites for hydroxylation is 1. The van der Waals surface area contributed by atoms with Crippen molar-refractivity contribution >= 4 is 11.8 Å². The number of aromatic nitrogens is 1. The van der Waals surface area contributed by atoms with Gasteiger partial charge in [0.1, 0.15) is 5.75 Å². The average Bonchev–Trinajstić information content (AvgIpc) is 2.49. The third-order valence-electron chi connectivity index (χ3n) is 3.87. The first-order chi connectivity index (χ1) is 11.1. The number of hydrogen-bond acceptors (Lipinski definition) is 4. The fourth-order valence-corrected chi connectivity index (χ4v) is 2.28. The third-order valence-corrected chi connectivity index (χ3v) is 3.87. The molecule has 0 saturated heterocycles. The van der Waals surface area contributed by atoms with Crippen molar-refractivity contribution in [2.75, 3.05) is 20.7 Å². The minimum absolute atomic E-state index is 0.0371. The van der Waals surface area contributed by atoms with Crippen LogP contribution in [0.15, 0.2) is 6.20 Å². The van der Waals surface area contributed by atoms with Crippen LogP contribution in [0.1, 0.15) is 44.0 Å². The molecule has 0 bridgehead atoms. The molecule has 0 radical (unpaired) electrons. The summed E-state index contributed by atoms with van der Waals surface area (Å²) < 4.78 is 5.39. The molecular formula is C18H29N3O3. The number of rotatable bonds is 6. The number of carbonyl (C=O) groups excluding carboxylic acids is 2. The second kappa shape index (κ2) is 8.13. The number of pyridine rings is 1. The Bertz CT molecular complexity index is 606. The molecule has 0 fully saturated rings. The highest BCUT2D eigenvalue weighted by Gasteiger charge is 2.21. The van der Waals surface area contributed by atoms with Gasteiger partial charge in [-0.1, -0.05) is 20.8 Å². The van der Waals surface area contributed by atoms with E-state index < -0.39 is 5.41 Å². The molecule has 0 aromatic carbocycles. The Morgan fingerprint density at radius 2 is 1.92 bits per heavy atom. The molecular weight excluding hydrogens is 306 g/mol. The summed E-state index contributed by atoms with van der Waals surface area (Å²) in [4.78, 5) is 30.0. The van der Waals surface area contributed by atoms with Crippen molar-refractivity contribution in [2.45, 2.75) is 47.6 Å². The summed E-state index contributed by atoms with van der Waals surface area (Å²) in [7, 11) is 3.37. The van der Waals surface area contributed by atoms with Gasteiger partial charge in [-0.25, -0.2) is 0 Å². The maximum atomic E-state index is 12.2. The van der Waals surface area contributed by atoms with Gasteiger partial charge in [-0.15, -0.1) is 0 Å². The van der Waals surface area contributed by atoms with Gasteiger partial charge in [-0.2, -0.15) is 0 Å². The topological polar surface area (TPSA) is 71.5 Å². The molecule has 0 saturated carbocycles. The van der Waals surface area contributed by atoms with Crippen LogP contribution in [0.2, 0.25) is 0 Å². The van der Waals surface area contributed by atoms with Crippen LogP contribution in [0, 0.1) is 19.3 Å². The van der Waals surface area contributed by atoms with E-state index in [4.69, 9.17) is 4.74 Å². The lowest BCUT2D eigenvalue weighted by atomic mass is 9.96. The zero-order valence-corrected chi connectivity index (χ0v) is 15.8. The lowest BCUT2D eigenvalue weighted by molar-refractivity contribution is -0.131. The molecule has 1 N–H and O–H groups in total. The van der Waals surface area contributed by atoms with Crippen LogP contribution in [-0.4, -0.2) is 42.4 Å². The molecule has 134 valence electrons. The first-order valence-electron chi connectivity index (χ1n) is 8.09. The van der Waals surface area contributed by atoms with Gasteiger partial charge < -0.3 is 15.0 Å². The highest BCUT2D eigenvalue weighted by molar-refractivity contribution is 5.82. The van der Waals surface area contributed by atoms with Crippen molar-refractivity contribution in [2.24, 2.45) is 5.41 Å². The smallest absolute Gasteiger partial charge is 0.225 e. The molecule has 1 aromatic rings. The Balaban J connectivity index is 2.61. The zero-order valence-electron chi connectivity index (χ0n) is 15.8. The molecule has 0 atom stereocenters. The Morgan fingerprint density at radius 1 is 1.29 bits per heavy atom. The lowest BCUT2D eigenvalue weighted by Gasteiger charge is -2.21. The van der Waals surface area contributed by atoms with Crippen molar-refractivity contribution < 1.29 is 14.3 Å². The van der Waals surface area contributed by atoms with Crippen LogP contribution in [-0.2, 0) is 16.1 Å². The normalized spacial score (nSPS) is 11.1. The number of methoxy groups -OCH3 is 1. The molecule has 1 rings (SSSR count). The van der Waals surface area contributed by atoms with Crippen molar-refractivity contribution in [3.8, 4) is 5.75 Å². The molecule has 1 heterocycles. The van der Waals surface area contributed by atoms with E-state index in [1.165, 1.54) is 0 Å². The molecule has 6 heteroatoms. The number of ether oxygens (including phenoxy) is 1. The number of nitrogens with zero attached hydrogens (tertiary/aromatic N) is 2. The van der Waals surface area contributed by atoms with Crippen molar-refractivity contribution in [3.63, 3.8) is 0 Å². The summed E-state index contributed by atoms with van der Waals surface area (Å²) in [5, 5.41) is 2.79. The van der Waals surface area contributed by atoms with Gasteiger partial charge in [0, 0.05) is 42.8 Å². The minimum atomic E-state index is -0.450. The summed E-state index contributed by atoms with van der Waals surface area (Å²) in [6.45, 7) is 10.2. The van der Waals surface area contributed by atoms with E-state index in [9.17, 15) is 9.59 Å². The van der Waals surface area contributed by atoms with E-state index in [1.807, 2.05) is 34.6 Å². The molecule has 6 nitrogen and oxygen atoms in total. The SMILES string of the molecule is COc1c(C)cnc(CN(C)C(=O)CCNC(=O)C(C)(C)C)c1C. The van der Waals surface area contributed by atoms with Crippen LogP contribution in [0.4, 0.5) is 0 Å². The molecule has 0 spiro atoms. The number of nitrogens with one attached hydrogen (secondary N) is 1. The molecule has 2 amide bonds. The van der Waals surface area contributed by atoms with Crippen LogP contribution < -0.4 is 10.1 Å². The second-order valence-electron chi connectivity index (χ2n) is 7.05. The van der Waals surface area contributed by atoms with Crippen LogP contribution in [0.5, 0.6) is 5.75 Å². The Kier molecular flexibility index (Phi) is 6.75. The predicted molar refractivity (Wildman–Crippen MR) is 93.8 cm³/mol. The summed E-state index contributed by atoms with van der Waals surface area (Å²) in [6.07, 6.45) is 2.02. The predicted octanol–water partition coefficient (Wildman–Crippen LogP) is 2.22. The number of carbonyl (C=O) groups is 2. The van der Waals surface area contributed by atoms with E-state index in [-0.39, 0.29) is 18.2 Å². The first kappa shape index (κ1) is 19.9. The Labute approximate surface area is 144 Å². The van der Waals surface area contributed by atoms with Crippen LogP contribution >= 0.6 is 0 Å². The maximum absolute atomic E-state index is 12.2. The minimum Gasteiger partial charge on any atom is -0.496 e. The Hall–Kier alpha value is -2.11. The molecule has 0 aliphatic rings. The highest BCUT2D eigenvalue weighted by Crippen LogP contribution is 2.24. The van der Waals surface area contributed by atoms with Gasteiger partial charge in [0.05, 0.1) is 19.3 Å². The van der Waals surface area contributed by atoms with Crippen molar-refractivity contribution in [3.05, 3.63) is 23.0 Å². The Morgan fingerprint density at radius 3 is 2.46 bits per heavy atom. The van der Waals surface area contributed by atoms with Gasteiger partial charge in [0.25, 0.3) is 0 Å². The van der Waals surface area contributed by atoms with E-state index in [0.717, 1.165) is 22.6 Å². The molecule has 0 unspecified atom stereocenters. The van der Waals surface area contributed by atoms with E-state index >= 15 is 0 Å². The zero-order chi connectivity index (χ0) is 18.5. The molecule has 0 aliphatic heterocycles. The third kappa shape index (κ3) is 5.22. The van der Waals surface area contributed by atoms with E-state index in [0.29, 0.717) is 13.1 Å². The fraction of sp³-hybridized carbons (Fsp3) is 0.611. The molecule has 0 aliphatic carbocycles. The van der Waals surface area contributed by atoms with Crippen LogP contribution in [0.25, 0.3) is 0 Å². The fourth-order valence-electron chi connectivity index (χ4n) is 2.28. The molecule has 1 aromatic heterocycles. The number of amides is 2. The van der Waals surface area contributed by atoms with Gasteiger partial charge in [-0.05, 0) is 13.8 Å². The van der Waals surface area contributed by atoms with Gasteiger partial charge in [0.15, 0.2) is 0 Å².